The second-order valence-electron chi connectivity index (χ2n) is 6.78. The van der Waals surface area contributed by atoms with Crippen LogP contribution in [0.15, 0.2) is 29.3 Å². The van der Waals surface area contributed by atoms with Gasteiger partial charge in [0, 0.05) is 69.8 Å². The number of benzene rings is 1. The van der Waals surface area contributed by atoms with E-state index in [0.29, 0.717) is 18.7 Å². The molecular weight excluding hydrogens is 402 g/mol. The first-order chi connectivity index (χ1) is 14.6. The van der Waals surface area contributed by atoms with Crippen LogP contribution in [-0.4, -0.2) is 79.6 Å². The standard InChI is InChI=1S/C20H29N7O2S/c1-4-17-24-20(30-25-17)27-13-11-26(12-14-27)19(21-2)23-10-9-22-18(28)15-5-7-16(29-3)8-6-15/h5-8H,4,9-14H2,1-3H3,(H,21,23)(H,22,28). The molecule has 30 heavy (non-hydrogen) atoms. The smallest absolute Gasteiger partial charge is 0.251 e. The van der Waals surface area contributed by atoms with Crippen molar-refractivity contribution in [1.29, 1.82) is 0 Å². The average molecular weight is 432 g/mol. The van der Waals surface area contributed by atoms with Gasteiger partial charge in [0.05, 0.1) is 7.11 Å². The molecule has 2 aromatic rings. The third-order valence-electron chi connectivity index (χ3n) is 4.88. The number of anilines is 1. The first-order valence-corrected chi connectivity index (χ1v) is 10.9. The topological polar surface area (TPSA) is 95.0 Å². The number of hydrogen-bond acceptors (Lipinski definition) is 7. The number of methoxy groups -OCH3 is 1. The van der Waals surface area contributed by atoms with Crippen molar-refractivity contribution in [2.75, 3.05) is 58.3 Å². The van der Waals surface area contributed by atoms with Crippen LogP contribution < -0.4 is 20.3 Å². The number of piperazine rings is 1. The Balaban J connectivity index is 1.40. The predicted molar refractivity (Wildman–Crippen MR) is 120 cm³/mol. The van der Waals surface area contributed by atoms with Crippen LogP contribution in [-0.2, 0) is 6.42 Å². The lowest BCUT2D eigenvalue weighted by Crippen LogP contribution is -2.53. The van der Waals surface area contributed by atoms with E-state index in [-0.39, 0.29) is 5.91 Å². The average Bonchev–Trinajstić information content (AvgIpc) is 3.28. The van der Waals surface area contributed by atoms with Crippen molar-refractivity contribution in [3.63, 3.8) is 0 Å². The lowest BCUT2D eigenvalue weighted by molar-refractivity contribution is 0.0954. The number of ether oxygens (including phenoxy) is 1. The monoisotopic (exact) mass is 431 g/mol. The van der Waals surface area contributed by atoms with Crippen LogP contribution in [0.3, 0.4) is 0 Å². The van der Waals surface area contributed by atoms with Crippen molar-refractivity contribution in [3.05, 3.63) is 35.7 Å². The number of rotatable bonds is 7. The summed E-state index contributed by atoms with van der Waals surface area (Å²) in [5.41, 5.74) is 0.610. The van der Waals surface area contributed by atoms with Gasteiger partial charge in [-0.05, 0) is 24.3 Å². The number of nitrogens with zero attached hydrogens (tertiary/aromatic N) is 5. The SMILES string of the molecule is CCc1nsc(N2CCN(C(=NC)NCCNC(=O)c3ccc(OC)cc3)CC2)n1. The molecule has 1 aromatic heterocycles. The van der Waals surface area contributed by atoms with E-state index in [4.69, 9.17) is 4.74 Å². The number of hydrogen-bond donors (Lipinski definition) is 2. The normalized spacial score (nSPS) is 14.6. The van der Waals surface area contributed by atoms with Crippen molar-refractivity contribution in [2.24, 2.45) is 4.99 Å². The van der Waals surface area contributed by atoms with E-state index >= 15 is 0 Å². The number of guanidine groups is 1. The van der Waals surface area contributed by atoms with Crippen LogP contribution in [0, 0.1) is 0 Å². The molecule has 1 saturated heterocycles. The fourth-order valence-corrected chi connectivity index (χ4v) is 3.95. The minimum Gasteiger partial charge on any atom is -0.497 e. The number of carbonyl (C=O) groups is 1. The van der Waals surface area contributed by atoms with E-state index in [2.05, 4.69) is 41.7 Å². The van der Waals surface area contributed by atoms with Crippen molar-refractivity contribution in [1.82, 2.24) is 24.9 Å². The first kappa shape index (κ1) is 21.8. The van der Waals surface area contributed by atoms with E-state index < -0.39 is 0 Å². The zero-order chi connectivity index (χ0) is 21.3. The van der Waals surface area contributed by atoms with E-state index in [1.165, 1.54) is 11.5 Å². The van der Waals surface area contributed by atoms with Gasteiger partial charge >= 0.3 is 0 Å². The summed E-state index contributed by atoms with van der Waals surface area (Å²) in [7, 11) is 3.38. The van der Waals surface area contributed by atoms with Gasteiger partial charge in [-0.25, -0.2) is 4.98 Å². The van der Waals surface area contributed by atoms with Crippen molar-refractivity contribution >= 4 is 28.5 Å². The molecule has 1 aliphatic rings. The minimum atomic E-state index is -0.105. The molecule has 0 radical (unpaired) electrons. The van der Waals surface area contributed by atoms with Crippen molar-refractivity contribution < 1.29 is 9.53 Å². The lowest BCUT2D eigenvalue weighted by Gasteiger charge is -2.36. The molecule has 0 unspecified atom stereocenters. The molecule has 0 aliphatic carbocycles. The van der Waals surface area contributed by atoms with Crippen LogP contribution in [0.5, 0.6) is 5.75 Å². The number of carbonyl (C=O) groups excluding carboxylic acids is 1. The molecule has 0 atom stereocenters. The van der Waals surface area contributed by atoms with Gasteiger partial charge in [0.25, 0.3) is 5.91 Å². The maximum Gasteiger partial charge on any atom is 0.251 e. The van der Waals surface area contributed by atoms with Gasteiger partial charge in [0.2, 0.25) is 5.13 Å². The molecule has 9 nitrogen and oxygen atoms in total. The lowest BCUT2D eigenvalue weighted by atomic mass is 10.2. The maximum absolute atomic E-state index is 12.2. The number of aryl methyl sites for hydroxylation is 1. The highest BCUT2D eigenvalue weighted by Crippen LogP contribution is 2.19. The quantitative estimate of drug-likeness (QED) is 0.387. The number of nitrogens with one attached hydrogen (secondary N) is 2. The van der Waals surface area contributed by atoms with Gasteiger partial charge in [-0.1, -0.05) is 6.92 Å². The second kappa shape index (κ2) is 10.8. The van der Waals surface area contributed by atoms with E-state index in [1.54, 1.807) is 38.4 Å². The van der Waals surface area contributed by atoms with Gasteiger partial charge in [-0.2, -0.15) is 4.37 Å². The number of aromatic nitrogens is 2. The molecule has 1 fully saturated rings. The summed E-state index contributed by atoms with van der Waals surface area (Å²) < 4.78 is 9.49. The molecule has 0 saturated carbocycles. The van der Waals surface area contributed by atoms with Gasteiger partial charge in [0.1, 0.15) is 11.6 Å². The van der Waals surface area contributed by atoms with Gasteiger partial charge < -0.3 is 25.2 Å². The second-order valence-corrected chi connectivity index (χ2v) is 7.51. The Morgan fingerprint density at radius 2 is 1.87 bits per heavy atom. The molecule has 1 aliphatic heterocycles. The molecule has 10 heteroatoms. The summed E-state index contributed by atoms with van der Waals surface area (Å²) in [5, 5.41) is 7.24. The molecule has 1 aromatic carbocycles. The van der Waals surface area contributed by atoms with Gasteiger partial charge in [0.15, 0.2) is 5.96 Å². The van der Waals surface area contributed by atoms with Crippen molar-refractivity contribution in [2.45, 2.75) is 13.3 Å². The highest BCUT2D eigenvalue weighted by molar-refractivity contribution is 7.09. The molecule has 1 amide bonds. The Kier molecular flexibility index (Phi) is 7.83. The molecule has 3 rings (SSSR count). The fourth-order valence-electron chi connectivity index (χ4n) is 3.15. The van der Waals surface area contributed by atoms with E-state index in [9.17, 15) is 4.79 Å². The Labute approximate surface area is 181 Å². The van der Waals surface area contributed by atoms with Gasteiger partial charge in [-0.15, -0.1) is 0 Å². The third-order valence-corrected chi connectivity index (χ3v) is 5.70. The van der Waals surface area contributed by atoms with Crippen LogP contribution in [0.1, 0.15) is 23.1 Å². The van der Waals surface area contributed by atoms with E-state index in [1.807, 2.05) is 0 Å². The molecule has 2 N–H and O–H groups in total. The summed E-state index contributed by atoms with van der Waals surface area (Å²) >= 11 is 1.47. The molecular formula is C20H29N7O2S. The minimum absolute atomic E-state index is 0.105. The summed E-state index contributed by atoms with van der Waals surface area (Å²) in [6.45, 7) is 6.66. The fraction of sp³-hybridized carbons (Fsp3) is 0.500. The third kappa shape index (κ3) is 5.59. The predicted octanol–water partition coefficient (Wildman–Crippen LogP) is 1.24. The zero-order valence-corrected chi connectivity index (χ0v) is 18.5. The maximum atomic E-state index is 12.2. The first-order valence-electron chi connectivity index (χ1n) is 10.1. The largest absolute Gasteiger partial charge is 0.497 e. The Hall–Kier alpha value is -2.88. The number of amides is 1. The summed E-state index contributed by atoms with van der Waals surface area (Å²) in [6, 6.07) is 7.06. The summed E-state index contributed by atoms with van der Waals surface area (Å²) in [6.07, 6.45) is 0.863. The van der Waals surface area contributed by atoms with Crippen LogP contribution in [0.25, 0.3) is 0 Å². The molecule has 0 spiro atoms. The van der Waals surface area contributed by atoms with Gasteiger partial charge in [-0.3, -0.25) is 9.79 Å². The van der Waals surface area contributed by atoms with Crippen LogP contribution >= 0.6 is 11.5 Å². The number of aliphatic imine (C=N–C) groups is 1. The Morgan fingerprint density at radius 1 is 1.17 bits per heavy atom. The van der Waals surface area contributed by atoms with E-state index in [0.717, 1.165) is 55.3 Å². The highest BCUT2D eigenvalue weighted by atomic mass is 32.1. The van der Waals surface area contributed by atoms with Crippen LogP contribution in [0.2, 0.25) is 0 Å². The highest BCUT2D eigenvalue weighted by Gasteiger charge is 2.21. The van der Waals surface area contributed by atoms with Crippen LogP contribution in [0.4, 0.5) is 5.13 Å². The Morgan fingerprint density at radius 3 is 2.47 bits per heavy atom. The summed E-state index contributed by atoms with van der Waals surface area (Å²) in [4.78, 5) is 25.7. The van der Waals surface area contributed by atoms with Crippen molar-refractivity contribution in [3.8, 4) is 5.75 Å². The zero-order valence-electron chi connectivity index (χ0n) is 17.7. The molecule has 162 valence electrons. The molecule has 0 bridgehead atoms. The molecule has 2 heterocycles. The summed E-state index contributed by atoms with van der Waals surface area (Å²) in [5.74, 6) is 2.38. The Bertz CT molecular complexity index is 845.